The number of rotatable bonds is 3. The van der Waals surface area contributed by atoms with Gasteiger partial charge in [0.05, 0.1) is 20.7 Å². The molecule has 0 aliphatic rings. The van der Waals surface area contributed by atoms with Crippen LogP contribution in [0.25, 0.3) is 0 Å². The summed E-state index contributed by atoms with van der Waals surface area (Å²) in [6.07, 6.45) is 4.66. The third-order valence-corrected chi connectivity index (χ3v) is 3.28. The van der Waals surface area contributed by atoms with Crippen LogP contribution in [-0.4, -0.2) is 22.9 Å². The Morgan fingerprint density at radius 3 is 2.84 bits per heavy atom. The molecule has 2 aromatic heterocycles. The zero-order chi connectivity index (χ0) is 13.8. The number of anilines is 2. The average Bonchev–Trinajstić information content (AvgIpc) is 2.41. The molecule has 0 aliphatic carbocycles. The molecule has 0 radical (unpaired) electrons. The van der Waals surface area contributed by atoms with Crippen LogP contribution < -0.4 is 10.6 Å². The van der Waals surface area contributed by atoms with Crippen LogP contribution in [0, 0.1) is 0 Å². The van der Waals surface area contributed by atoms with Gasteiger partial charge in [-0.15, -0.1) is 0 Å². The van der Waals surface area contributed by atoms with Gasteiger partial charge in [-0.05, 0) is 28.1 Å². The van der Waals surface area contributed by atoms with E-state index in [1.165, 1.54) is 6.20 Å². The second kappa shape index (κ2) is 5.99. The molecule has 0 aromatic carbocycles. The Morgan fingerprint density at radius 2 is 2.21 bits per heavy atom. The van der Waals surface area contributed by atoms with Crippen LogP contribution in [-0.2, 0) is 0 Å². The van der Waals surface area contributed by atoms with Gasteiger partial charge in [-0.25, -0.2) is 4.98 Å². The molecular formula is C12H10BrClN4O. The fourth-order valence-electron chi connectivity index (χ4n) is 1.42. The predicted octanol–water partition coefficient (Wildman–Crippen LogP) is 3.19. The predicted molar refractivity (Wildman–Crippen MR) is 78.7 cm³/mol. The lowest BCUT2D eigenvalue weighted by molar-refractivity contribution is 0.102. The maximum atomic E-state index is 12.0. The molecule has 0 aliphatic heterocycles. The van der Waals surface area contributed by atoms with Crippen LogP contribution in [0.3, 0.4) is 0 Å². The highest BCUT2D eigenvalue weighted by Gasteiger charge is 2.11. The number of carbonyl (C=O) groups is 1. The van der Waals surface area contributed by atoms with E-state index < -0.39 is 0 Å². The Kier molecular flexibility index (Phi) is 4.34. The van der Waals surface area contributed by atoms with E-state index in [-0.39, 0.29) is 5.91 Å². The van der Waals surface area contributed by atoms with E-state index >= 15 is 0 Å². The van der Waals surface area contributed by atoms with E-state index in [9.17, 15) is 4.79 Å². The molecule has 19 heavy (non-hydrogen) atoms. The van der Waals surface area contributed by atoms with E-state index in [0.29, 0.717) is 26.6 Å². The molecule has 0 spiro atoms. The zero-order valence-corrected chi connectivity index (χ0v) is 12.3. The van der Waals surface area contributed by atoms with Gasteiger partial charge in [0.2, 0.25) is 0 Å². The number of carbonyl (C=O) groups excluding carboxylic acids is 1. The first-order valence-corrected chi connectivity index (χ1v) is 6.53. The van der Waals surface area contributed by atoms with Crippen molar-refractivity contribution in [3.63, 3.8) is 0 Å². The summed E-state index contributed by atoms with van der Waals surface area (Å²) in [6.45, 7) is 0. The lowest BCUT2D eigenvalue weighted by atomic mass is 10.2. The molecule has 0 bridgehead atoms. The third-order valence-electron chi connectivity index (χ3n) is 2.36. The van der Waals surface area contributed by atoms with Gasteiger partial charge in [0.25, 0.3) is 5.91 Å². The molecule has 0 atom stereocenters. The molecule has 98 valence electrons. The molecule has 0 unspecified atom stereocenters. The van der Waals surface area contributed by atoms with Gasteiger partial charge < -0.3 is 10.6 Å². The van der Waals surface area contributed by atoms with E-state index in [4.69, 9.17) is 11.6 Å². The van der Waals surface area contributed by atoms with Crippen LogP contribution >= 0.6 is 27.5 Å². The molecule has 2 N–H and O–H groups in total. The van der Waals surface area contributed by atoms with Crippen molar-refractivity contribution in [1.82, 2.24) is 9.97 Å². The van der Waals surface area contributed by atoms with Crippen molar-refractivity contribution in [2.45, 2.75) is 0 Å². The van der Waals surface area contributed by atoms with Crippen molar-refractivity contribution < 1.29 is 4.79 Å². The first kappa shape index (κ1) is 13.8. The van der Waals surface area contributed by atoms with E-state index in [1.807, 2.05) is 0 Å². The quantitative estimate of drug-likeness (QED) is 0.900. The van der Waals surface area contributed by atoms with Crippen molar-refractivity contribution in [1.29, 1.82) is 0 Å². The van der Waals surface area contributed by atoms with Crippen LogP contribution in [0.1, 0.15) is 10.4 Å². The minimum absolute atomic E-state index is 0.288. The lowest BCUT2D eigenvalue weighted by Crippen LogP contribution is -2.13. The summed E-state index contributed by atoms with van der Waals surface area (Å²) in [6, 6.07) is 3.25. The lowest BCUT2D eigenvalue weighted by Gasteiger charge is -2.08. The molecule has 7 heteroatoms. The smallest absolute Gasteiger partial charge is 0.257 e. The van der Waals surface area contributed by atoms with Crippen molar-refractivity contribution in [2.75, 3.05) is 17.7 Å². The second-order valence-corrected chi connectivity index (χ2v) is 4.88. The van der Waals surface area contributed by atoms with Gasteiger partial charge in [0.15, 0.2) is 0 Å². The van der Waals surface area contributed by atoms with Gasteiger partial charge in [0, 0.05) is 25.6 Å². The van der Waals surface area contributed by atoms with Gasteiger partial charge in [-0.3, -0.25) is 9.78 Å². The number of nitrogens with one attached hydrogen (secondary N) is 2. The highest BCUT2D eigenvalue weighted by Crippen LogP contribution is 2.23. The number of aromatic nitrogens is 2. The molecule has 5 nitrogen and oxygen atoms in total. The Hall–Kier alpha value is -1.66. The molecular weight excluding hydrogens is 332 g/mol. The molecule has 0 saturated heterocycles. The summed E-state index contributed by atoms with van der Waals surface area (Å²) in [5.74, 6) is 0.243. The normalized spacial score (nSPS) is 10.1. The highest BCUT2D eigenvalue weighted by molar-refractivity contribution is 9.10. The van der Waals surface area contributed by atoms with Gasteiger partial charge in [-0.2, -0.15) is 0 Å². The summed E-state index contributed by atoms with van der Waals surface area (Å²) in [5.41, 5.74) is 1.02. The molecule has 1 amide bonds. The Morgan fingerprint density at radius 1 is 1.42 bits per heavy atom. The third kappa shape index (κ3) is 3.21. The van der Waals surface area contributed by atoms with Crippen molar-refractivity contribution in [3.05, 3.63) is 45.8 Å². The number of hydrogen-bond donors (Lipinski definition) is 2. The number of amides is 1. The Balaban J connectivity index is 2.21. The van der Waals surface area contributed by atoms with Crippen molar-refractivity contribution in [3.8, 4) is 0 Å². The SMILES string of the molecule is CNc1ncc(C(=O)Nc2ccncc2Br)cc1Cl. The van der Waals surface area contributed by atoms with E-state index in [0.717, 1.165) is 0 Å². The first-order valence-electron chi connectivity index (χ1n) is 5.36. The van der Waals surface area contributed by atoms with Crippen molar-refractivity contribution in [2.24, 2.45) is 0 Å². The minimum atomic E-state index is -0.288. The monoisotopic (exact) mass is 340 g/mol. The summed E-state index contributed by atoms with van der Waals surface area (Å²) in [5, 5.41) is 5.97. The fourth-order valence-corrected chi connectivity index (χ4v) is 2.03. The topological polar surface area (TPSA) is 66.9 Å². The molecule has 2 rings (SSSR count). The summed E-state index contributed by atoms with van der Waals surface area (Å²) in [7, 11) is 1.71. The molecule has 2 heterocycles. The Labute approximate surface area is 123 Å². The molecule has 0 fully saturated rings. The van der Waals surface area contributed by atoms with Crippen LogP contribution in [0.4, 0.5) is 11.5 Å². The maximum absolute atomic E-state index is 12.0. The number of halogens is 2. The molecule has 0 saturated carbocycles. The second-order valence-electron chi connectivity index (χ2n) is 3.61. The summed E-state index contributed by atoms with van der Waals surface area (Å²) >= 11 is 9.29. The standard InChI is InChI=1S/C12H10BrClN4O/c1-15-11-9(14)4-7(5-17-11)12(19)18-10-2-3-16-6-8(10)13/h2-6H,1H3,(H,15,17)(H,16,18,19). The van der Waals surface area contributed by atoms with Gasteiger partial charge in [-0.1, -0.05) is 11.6 Å². The van der Waals surface area contributed by atoms with Gasteiger partial charge >= 0.3 is 0 Å². The highest BCUT2D eigenvalue weighted by atomic mass is 79.9. The Bertz CT molecular complexity index is 620. The van der Waals surface area contributed by atoms with Crippen LogP contribution in [0.15, 0.2) is 35.2 Å². The first-order chi connectivity index (χ1) is 9.11. The summed E-state index contributed by atoms with van der Waals surface area (Å²) < 4.78 is 0.703. The number of pyridine rings is 2. The van der Waals surface area contributed by atoms with Crippen LogP contribution in [0.5, 0.6) is 0 Å². The summed E-state index contributed by atoms with van der Waals surface area (Å²) in [4.78, 5) is 20.0. The fraction of sp³-hybridized carbons (Fsp3) is 0.0833. The molecule has 2 aromatic rings. The van der Waals surface area contributed by atoms with Crippen LogP contribution in [0.2, 0.25) is 5.02 Å². The number of nitrogens with zero attached hydrogens (tertiary/aromatic N) is 2. The van der Waals surface area contributed by atoms with Gasteiger partial charge in [0.1, 0.15) is 5.82 Å². The maximum Gasteiger partial charge on any atom is 0.257 e. The average molecular weight is 342 g/mol. The van der Waals surface area contributed by atoms with E-state index in [1.54, 1.807) is 31.6 Å². The number of hydrogen-bond acceptors (Lipinski definition) is 4. The largest absolute Gasteiger partial charge is 0.372 e. The minimum Gasteiger partial charge on any atom is -0.372 e. The van der Waals surface area contributed by atoms with E-state index in [2.05, 4.69) is 36.5 Å². The van der Waals surface area contributed by atoms with Crippen molar-refractivity contribution >= 4 is 44.9 Å². The zero-order valence-electron chi connectivity index (χ0n) is 9.95.